The highest BCUT2D eigenvalue weighted by Gasteiger charge is 2.37. The molecule has 1 fully saturated rings. The zero-order chi connectivity index (χ0) is 27.5. The number of pyridine rings is 1. The van der Waals surface area contributed by atoms with Crippen LogP contribution in [0.15, 0.2) is 12.3 Å². The van der Waals surface area contributed by atoms with Crippen molar-refractivity contribution in [2.75, 3.05) is 6.54 Å². The lowest BCUT2D eigenvalue weighted by Gasteiger charge is -2.34. The molecule has 0 radical (unpaired) electrons. The number of carbonyl (C=O) groups is 1. The molecule has 0 bridgehead atoms. The summed E-state index contributed by atoms with van der Waals surface area (Å²) in [7, 11) is 0. The van der Waals surface area contributed by atoms with Gasteiger partial charge in [-0.1, -0.05) is 25.4 Å². The standard InChI is InChI=1S/C24H30ClF5N4O3/c1-4-34-20(16-11-31-15(9-14(3)24(28,29)30)10-17(16)37-22(26)27)18(25)19(33-34)21(35)32-12-23(36)7-5-13(2)6-8-23/h10-11,13-14,22,36H,4-9,12H2,1-3H3,(H,32,35)/t13?,14-,23?/m1/s1. The molecule has 0 aromatic carbocycles. The first-order chi connectivity index (χ1) is 17.2. The van der Waals surface area contributed by atoms with Crippen molar-refractivity contribution in [1.29, 1.82) is 0 Å². The summed E-state index contributed by atoms with van der Waals surface area (Å²) in [6, 6.07) is 1.01. The van der Waals surface area contributed by atoms with Crippen molar-refractivity contribution in [3.8, 4) is 17.0 Å². The number of ether oxygens (including phenoxy) is 1. The molecule has 206 valence electrons. The van der Waals surface area contributed by atoms with Crippen LogP contribution in [-0.2, 0) is 13.0 Å². The van der Waals surface area contributed by atoms with Crippen LogP contribution >= 0.6 is 11.6 Å². The largest absolute Gasteiger partial charge is 0.434 e. The molecule has 13 heteroatoms. The maximum atomic E-state index is 13.2. The SMILES string of the molecule is CCn1nc(C(=O)NCC2(O)CCC(C)CC2)c(Cl)c1-c1cnc(C[C@@H](C)C(F)(F)F)cc1OC(F)F. The van der Waals surface area contributed by atoms with Crippen molar-refractivity contribution in [3.63, 3.8) is 0 Å². The number of hydrogen-bond acceptors (Lipinski definition) is 5. The fourth-order valence-electron chi connectivity index (χ4n) is 4.27. The van der Waals surface area contributed by atoms with E-state index in [0.717, 1.165) is 32.0 Å². The lowest BCUT2D eigenvalue weighted by Crippen LogP contribution is -2.45. The third-order valence-electron chi connectivity index (χ3n) is 6.66. The number of rotatable bonds is 9. The number of nitrogens with zero attached hydrogens (tertiary/aromatic N) is 3. The van der Waals surface area contributed by atoms with Crippen LogP contribution in [0.25, 0.3) is 11.3 Å². The smallest absolute Gasteiger partial charge is 0.391 e. The Morgan fingerprint density at radius 2 is 2.00 bits per heavy atom. The summed E-state index contributed by atoms with van der Waals surface area (Å²) >= 11 is 6.48. The lowest BCUT2D eigenvalue weighted by atomic mass is 9.79. The summed E-state index contributed by atoms with van der Waals surface area (Å²) in [5, 5.41) is 17.4. The van der Waals surface area contributed by atoms with E-state index in [-0.39, 0.29) is 40.8 Å². The molecule has 3 rings (SSSR count). The van der Waals surface area contributed by atoms with Crippen LogP contribution in [0, 0.1) is 11.8 Å². The summed E-state index contributed by atoms with van der Waals surface area (Å²) in [6.07, 6.45) is -1.21. The monoisotopic (exact) mass is 552 g/mol. The van der Waals surface area contributed by atoms with Gasteiger partial charge in [-0.3, -0.25) is 14.5 Å². The third-order valence-corrected chi connectivity index (χ3v) is 7.02. The highest BCUT2D eigenvalue weighted by molar-refractivity contribution is 6.36. The van der Waals surface area contributed by atoms with Crippen LogP contribution < -0.4 is 10.1 Å². The predicted octanol–water partition coefficient (Wildman–Crippen LogP) is 5.63. The summed E-state index contributed by atoms with van der Waals surface area (Å²) in [5.74, 6) is -2.36. The second-order valence-electron chi connectivity index (χ2n) is 9.61. The number of amides is 1. The van der Waals surface area contributed by atoms with Gasteiger partial charge in [0.25, 0.3) is 5.91 Å². The fourth-order valence-corrected chi connectivity index (χ4v) is 4.59. The number of aliphatic hydroxyl groups is 1. The van der Waals surface area contributed by atoms with Gasteiger partial charge < -0.3 is 15.2 Å². The number of halogens is 6. The summed E-state index contributed by atoms with van der Waals surface area (Å²) in [5.41, 5.74) is -1.34. The molecule has 2 N–H and O–H groups in total. The first-order valence-corrected chi connectivity index (χ1v) is 12.4. The van der Waals surface area contributed by atoms with Gasteiger partial charge in [0.05, 0.1) is 27.8 Å². The minimum Gasteiger partial charge on any atom is -0.434 e. The molecule has 1 saturated carbocycles. The molecule has 2 heterocycles. The van der Waals surface area contributed by atoms with E-state index in [1.54, 1.807) is 6.92 Å². The second-order valence-corrected chi connectivity index (χ2v) is 9.99. The zero-order valence-corrected chi connectivity index (χ0v) is 21.5. The molecule has 1 aliphatic carbocycles. The summed E-state index contributed by atoms with van der Waals surface area (Å²) < 4.78 is 71.2. The van der Waals surface area contributed by atoms with Crippen molar-refractivity contribution in [3.05, 3.63) is 28.7 Å². The van der Waals surface area contributed by atoms with Crippen LogP contribution in [0.3, 0.4) is 0 Å². The summed E-state index contributed by atoms with van der Waals surface area (Å²) in [4.78, 5) is 16.9. The van der Waals surface area contributed by atoms with Crippen molar-refractivity contribution in [2.45, 2.75) is 77.8 Å². The maximum absolute atomic E-state index is 13.2. The van der Waals surface area contributed by atoms with E-state index in [0.29, 0.717) is 18.8 Å². The number of nitrogens with one attached hydrogen (secondary N) is 1. The van der Waals surface area contributed by atoms with Gasteiger partial charge in [0.1, 0.15) is 5.75 Å². The molecule has 1 atom stereocenters. The van der Waals surface area contributed by atoms with Crippen molar-refractivity contribution >= 4 is 17.5 Å². The van der Waals surface area contributed by atoms with Gasteiger partial charge in [0.2, 0.25) is 0 Å². The molecule has 0 aliphatic heterocycles. The van der Waals surface area contributed by atoms with E-state index in [1.165, 1.54) is 4.68 Å². The average molecular weight is 553 g/mol. The van der Waals surface area contributed by atoms with Gasteiger partial charge >= 0.3 is 12.8 Å². The second kappa shape index (κ2) is 11.5. The molecular weight excluding hydrogens is 523 g/mol. The number of carbonyl (C=O) groups excluding carboxylic acids is 1. The highest BCUT2D eigenvalue weighted by atomic mass is 35.5. The van der Waals surface area contributed by atoms with Gasteiger partial charge in [0.15, 0.2) is 5.69 Å². The van der Waals surface area contributed by atoms with E-state index in [4.69, 9.17) is 11.6 Å². The van der Waals surface area contributed by atoms with Crippen LogP contribution in [0.5, 0.6) is 5.75 Å². The Morgan fingerprint density at radius 1 is 1.35 bits per heavy atom. The van der Waals surface area contributed by atoms with E-state index in [1.807, 2.05) is 0 Å². The minimum atomic E-state index is -4.49. The van der Waals surface area contributed by atoms with Crippen molar-refractivity contribution in [2.24, 2.45) is 11.8 Å². The van der Waals surface area contributed by atoms with Gasteiger partial charge in [-0.05, 0) is 38.5 Å². The Kier molecular flexibility index (Phi) is 9.05. The maximum Gasteiger partial charge on any atom is 0.391 e. The molecule has 0 saturated heterocycles. The Bertz CT molecular complexity index is 1100. The van der Waals surface area contributed by atoms with Gasteiger partial charge in [-0.2, -0.15) is 27.1 Å². The van der Waals surface area contributed by atoms with Crippen LogP contribution in [0.2, 0.25) is 5.02 Å². The minimum absolute atomic E-state index is 0.00339. The normalized spacial score (nSPS) is 21.2. The van der Waals surface area contributed by atoms with E-state index >= 15 is 0 Å². The quantitative estimate of drug-likeness (QED) is 0.394. The predicted molar refractivity (Wildman–Crippen MR) is 127 cm³/mol. The Labute approximate surface area is 216 Å². The first-order valence-electron chi connectivity index (χ1n) is 12.0. The summed E-state index contributed by atoms with van der Waals surface area (Å²) in [6.45, 7) is 1.65. The number of aryl methyl sites for hydroxylation is 1. The zero-order valence-electron chi connectivity index (χ0n) is 20.7. The molecule has 37 heavy (non-hydrogen) atoms. The first kappa shape index (κ1) is 29.1. The lowest BCUT2D eigenvalue weighted by molar-refractivity contribution is -0.169. The van der Waals surface area contributed by atoms with Gasteiger partial charge in [-0.25, -0.2) is 0 Å². The molecule has 0 spiro atoms. The molecule has 1 aliphatic rings. The molecule has 0 unspecified atom stereocenters. The number of aromatic nitrogens is 3. The molecule has 2 aromatic rings. The van der Waals surface area contributed by atoms with Crippen molar-refractivity contribution in [1.82, 2.24) is 20.1 Å². The van der Waals surface area contributed by atoms with Crippen molar-refractivity contribution < 1.29 is 36.6 Å². The topological polar surface area (TPSA) is 89.3 Å². The third kappa shape index (κ3) is 7.10. The Morgan fingerprint density at radius 3 is 2.57 bits per heavy atom. The van der Waals surface area contributed by atoms with Crippen LogP contribution in [-0.4, -0.2) is 50.7 Å². The number of alkyl halides is 5. The average Bonchev–Trinajstić information content (AvgIpc) is 3.15. The van der Waals surface area contributed by atoms with E-state index in [9.17, 15) is 31.9 Å². The van der Waals surface area contributed by atoms with Gasteiger partial charge in [-0.15, -0.1) is 0 Å². The Balaban J connectivity index is 1.91. The van der Waals surface area contributed by atoms with Crippen LogP contribution in [0.1, 0.15) is 62.6 Å². The number of hydrogen-bond donors (Lipinski definition) is 2. The van der Waals surface area contributed by atoms with E-state index in [2.05, 4.69) is 27.1 Å². The van der Waals surface area contributed by atoms with E-state index < -0.39 is 42.4 Å². The van der Waals surface area contributed by atoms with Crippen LogP contribution in [0.4, 0.5) is 22.0 Å². The Hall–Kier alpha value is -2.47. The molecule has 2 aromatic heterocycles. The van der Waals surface area contributed by atoms with Gasteiger partial charge in [0, 0.05) is 37.5 Å². The fraction of sp³-hybridized carbons (Fsp3) is 0.625. The molecular formula is C24H30ClF5N4O3. The molecule has 1 amide bonds. The molecule has 7 nitrogen and oxygen atoms in total. The highest BCUT2D eigenvalue weighted by Crippen LogP contribution is 2.39.